The predicted molar refractivity (Wildman–Crippen MR) is 84.0 cm³/mol. The first kappa shape index (κ1) is 15.0. The summed E-state index contributed by atoms with van der Waals surface area (Å²) in [6.45, 7) is 2.02. The molecule has 2 aromatic rings. The Kier molecular flexibility index (Phi) is 4.40. The van der Waals surface area contributed by atoms with Gasteiger partial charge in [-0.15, -0.1) is 22.9 Å². The van der Waals surface area contributed by atoms with E-state index >= 15 is 0 Å². The fourth-order valence-corrected chi connectivity index (χ4v) is 4.19. The first-order valence-corrected chi connectivity index (χ1v) is 9.42. The van der Waals surface area contributed by atoms with Crippen LogP contribution in [-0.4, -0.2) is 14.7 Å². The maximum absolute atomic E-state index is 11.4. The Bertz CT molecular complexity index is 670. The third-order valence-corrected chi connectivity index (χ3v) is 6.67. The normalized spacial score (nSPS) is 13.5. The van der Waals surface area contributed by atoms with Crippen molar-refractivity contribution in [2.75, 3.05) is 6.26 Å². The first-order valence-electron chi connectivity index (χ1n) is 5.49. The molecule has 0 N–H and O–H groups in total. The summed E-state index contributed by atoms with van der Waals surface area (Å²) in [5, 5.41) is -0.261. The van der Waals surface area contributed by atoms with Gasteiger partial charge in [-0.1, -0.05) is 12.1 Å². The van der Waals surface area contributed by atoms with Gasteiger partial charge >= 0.3 is 0 Å². The van der Waals surface area contributed by atoms with Crippen molar-refractivity contribution in [1.82, 2.24) is 0 Å². The van der Waals surface area contributed by atoms with E-state index in [1.807, 2.05) is 13.0 Å². The highest BCUT2D eigenvalue weighted by Gasteiger charge is 2.16. The Morgan fingerprint density at radius 3 is 2.26 bits per heavy atom. The molecule has 0 aliphatic heterocycles. The molecule has 1 aromatic heterocycles. The van der Waals surface area contributed by atoms with Crippen LogP contribution in [0.25, 0.3) is 0 Å². The van der Waals surface area contributed by atoms with E-state index in [9.17, 15) is 8.42 Å². The summed E-state index contributed by atoms with van der Waals surface area (Å²) >= 11 is 11.5. The first-order chi connectivity index (χ1) is 8.79. The van der Waals surface area contributed by atoms with E-state index in [4.69, 9.17) is 11.6 Å². The van der Waals surface area contributed by atoms with Crippen LogP contribution in [-0.2, 0) is 9.84 Å². The summed E-state index contributed by atoms with van der Waals surface area (Å²) in [5.74, 6) is 0. The highest BCUT2D eigenvalue weighted by Crippen LogP contribution is 2.37. The molecule has 1 heterocycles. The van der Waals surface area contributed by atoms with Crippen LogP contribution < -0.4 is 0 Å². The summed E-state index contributed by atoms with van der Waals surface area (Å²) in [4.78, 5) is 2.52. The number of halogens is 2. The highest BCUT2D eigenvalue weighted by atomic mass is 79.9. The standard InChI is InChI=1S/C13H12BrClO2S2/c1-8-11(14)7-12(18-8)13(15)9-3-5-10(6-4-9)19(2,16)17/h3-7,13H,1-2H3. The Morgan fingerprint density at radius 2 is 1.84 bits per heavy atom. The van der Waals surface area contributed by atoms with E-state index in [2.05, 4.69) is 15.9 Å². The van der Waals surface area contributed by atoms with Crippen molar-refractivity contribution in [3.05, 3.63) is 50.1 Å². The summed E-state index contributed by atoms with van der Waals surface area (Å²) in [7, 11) is -3.16. The van der Waals surface area contributed by atoms with Crippen LogP contribution in [0.15, 0.2) is 39.7 Å². The number of thiophene rings is 1. The minimum atomic E-state index is -3.16. The highest BCUT2D eigenvalue weighted by molar-refractivity contribution is 9.10. The molecular weight excluding hydrogens is 368 g/mol. The number of hydrogen-bond donors (Lipinski definition) is 0. The number of hydrogen-bond acceptors (Lipinski definition) is 3. The maximum Gasteiger partial charge on any atom is 0.175 e. The molecule has 1 atom stereocenters. The zero-order valence-corrected chi connectivity index (χ0v) is 14.3. The topological polar surface area (TPSA) is 34.1 Å². The molecule has 0 radical (unpaired) electrons. The van der Waals surface area contributed by atoms with Crippen molar-refractivity contribution in [2.45, 2.75) is 17.2 Å². The Hall–Kier alpha value is -0.360. The Balaban J connectivity index is 2.32. The molecule has 2 rings (SSSR count). The number of benzene rings is 1. The van der Waals surface area contributed by atoms with Crippen LogP contribution in [0.5, 0.6) is 0 Å². The zero-order valence-electron chi connectivity index (χ0n) is 10.4. The third-order valence-electron chi connectivity index (χ3n) is 2.73. The molecule has 0 amide bonds. The summed E-state index contributed by atoms with van der Waals surface area (Å²) in [6, 6.07) is 8.71. The lowest BCUT2D eigenvalue weighted by molar-refractivity contribution is 0.602. The molecule has 6 heteroatoms. The van der Waals surface area contributed by atoms with Crippen LogP contribution >= 0.6 is 38.9 Å². The second-order valence-electron chi connectivity index (χ2n) is 4.26. The Labute approximate surface area is 130 Å². The van der Waals surface area contributed by atoms with Crippen LogP contribution in [0.1, 0.15) is 20.7 Å². The smallest absolute Gasteiger partial charge is 0.175 e. The minimum Gasteiger partial charge on any atom is -0.224 e. The van der Waals surface area contributed by atoms with Gasteiger partial charge in [0.25, 0.3) is 0 Å². The number of sulfone groups is 1. The van der Waals surface area contributed by atoms with Crippen molar-refractivity contribution in [1.29, 1.82) is 0 Å². The van der Waals surface area contributed by atoms with Gasteiger partial charge in [-0.2, -0.15) is 0 Å². The minimum absolute atomic E-state index is 0.261. The molecule has 1 unspecified atom stereocenters. The fraction of sp³-hybridized carbons (Fsp3) is 0.231. The molecule has 0 saturated heterocycles. The van der Waals surface area contributed by atoms with Gasteiger partial charge in [0.05, 0.1) is 10.3 Å². The molecule has 102 valence electrons. The van der Waals surface area contributed by atoms with Gasteiger partial charge in [-0.25, -0.2) is 8.42 Å². The fourth-order valence-electron chi connectivity index (χ4n) is 1.65. The number of rotatable bonds is 3. The van der Waals surface area contributed by atoms with Crippen LogP contribution in [0.4, 0.5) is 0 Å². The Morgan fingerprint density at radius 1 is 1.26 bits per heavy atom. The van der Waals surface area contributed by atoms with Crippen LogP contribution in [0, 0.1) is 6.92 Å². The largest absolute Gasteiger partial charge is 0.224 e. The number of alkyl halides is 1. The van der Waals surface area contributed by atoms with Gasteiger partial charge in [-0.05, 0) is 46.6 Å². The zero-order chi connectivity index (χ0) is 14.2. The van der Waals surface area contributed by atoms with E-state index in [-0.39, 0.29) is 5.38 Å². The summed E-state index contributed by atoms with van der Waals surface area (Å²) in [6.07, 6.45) is 1.19. The van der Waals surface area contributed by atoms with E-state index in [1.54, 1.807) is 35.6 Å². The van der Waals surface area contributed by atoms with E-state index in [0.717, 1.165) is 14.9 Å². The lowest BCUT2D eigenvalue weighted by Crippen LogP contribution is -1.98. The van der Waals surface area contributed by atoms with Crippen molar-refractivity contribution in [2.24, 2.45) is 0 Å². The molecule has 2 nitrogen and oxygen atoms in total. The van der Waals surface area contributed by atoms with Crippen molar-refractivity contribution in [3.63, 3.8) is 0 Å². The van der Waals surface area contributed by atoms with Gasteiger partial charge in [0, 0.05) is 20.5 Å². The van der Waals surface area contributed by atoms with Crippen molar-refractivity contribution in [3.8, 4) is 0 Å². The van der Waals surface area contributed by atoms with Gasteiger partial charge in [-0.3, -0.25) is 0 Å². The molecule has 0 aliphatic rings. The molecule has 0 bridgehead atoms. The van der Waals surface area contributed by atoms with Gasteiger partial charge in [0.15, 0.2) is 9.84 Å². The molecule has 0 aliphatic carbocycles. The molecule has 0 fully saturated rings. The SMILES string of the molecule is Cc1sc(C(Cl)c2ccc(S(C)(=O)=O)cc2)cc1Br. The molecular formula is C13H12BrClO2S2. The van der Waals surface area contributed by atoms with Gasteiger partial charge < -0.3 is 0 Å². The molecule has 0 saturated carbocycles. The lowest BCUT2D eigenvalue weighted by atomic mass is 10.1. The molecule has 19 heavy (non-hydrogen) atoms. The monoisotopic (exact) mass is 378 g/mol. The second kappa shape index (κ2) is 5.56. The summed E-state index contributed by atoms with van der Waals surface area (Å²) < 4.78 is 23.8. The summed E-state index contributed by atoms with van der Waals surface area (Å²) in [5.41, 5.74) is 0.891. The molecule has 0 spiro atoms. The van der Waals surface area contributed by atoms with Crippen molar-refractivity contribution < 1.29 is 8.42 Å². The average Bonchev–Trinajstić information content (AvgIpc) is 2.68. The predicted octanol–water partition coefficient (Wildman–Crippen LogP) is 4.55. The van der Waals surface area contributed by atoms with Gasteiger partial charge in [0.1, 0.15) is 0 Å². The van der Waals surface area contributed by atoms with Crippen LogP contribution in [0.3, 0.4) is 0 Å². The average molecular weight is 380 g/mol. The number of aryl methyl sites for hydroxylation is 1. The lowest BCUT2D eigenvalue weighted by Gasteiger charge is -2.08. The molecule has 1 aromatic carbocycles. The van der Waals surface area contributed by atoms with E-state index in [0.29, 0.717) is 4.90 Å². The maximum atomic E-state index is 11.4. The van der Waals surface area contributed by atoms with Crippen molar-refractivity contribution >= 4 is 48.7 Å². The van der Waals surface area contributed by atoms with E-state index < -0.39 is 9.84 Å². The quantitative estimate of drug-likeness (QED) is 0.733. The van der Waals surface area contributed by atoms with Crippen LogP contribution in [0.2, 0.25) is 0 Å². The van der Waals surface area contributed by atoms with E-state index in [1.165, 1.54) is 11.1 Å². The third kappa shape index (κ3) is 3.40. The van der Waals surface area contributed by atoms with Gasteiger partial charge in [0.2, 0.25) is 0 Å². The second-order valence-corrected chi connectivity index (χ2v) is 8.85.